The summed E-state index contributed by atoms with van der Waals surface area (Å²) in [5.74, 6) is 1.84. The minimum Gasteiger partial charge on any atom is -0.497 e. The summed E-state index contributed by atoms with van der Waals surface area (Å²) in [6.07, 6.45) is 0.932. The Morgan fingerprint density at radius 3 is 2.50 bits per heavy atom. The molecule has 1 aromatic carbocycles. The van der Waals surface area contributed by atoms with Gasteiger partial charge in [-0.1, -0.05) is 32.0 Å². The van der Waals surface area contributed by atoms with E-state index in [2.05, 4.69) is 31.3 Å². The number of rotatable bonds is 7. The average molecular weight is 317 g/mol. The van der Waals surface area contributed by atoms with Crippen LogP contribution in [0, 0.1) is 5.92 Å². The van der Waals surface area contributed by atoms with E-state index in [1.807, 2.05) is 29.6 Å². The van der Waals surface area contributed by atoms with Gasteiger partial charge in [-0.15, -0.1) is 11.3 Å². The lowest BCUT2D eigenvalue weighted by Crippen LogP contribution is -2.25. The molecule has 0 fully saturated rings. The summed E-state index contributed by atoms with van der Waals surface area (Å²) in [6, 6.07) is 12.0. The fourth-order valence-electron chi connectivity index (χ4n) is 2.57. The molecule has 0 saturated heterocycles. The molecule has 1 amide bonds. The summed E-state index contributed by atoms with van der Waals surface area (Å²) in [7, 11) is 1.68. The van der Waals surface area contributed by atoms with E-state index in [-0.39, 0.29) is 5.91 Å². The number of hydrogen-bond donors (Lipinski definition) is 1. The molecule has 2 rings (SSSR count). The molecule has 0 aliphatic rings. The number of nitrogens with one attached hydrogen (secondary N) is 1. The molecule has 1 atom stereocenters. The Kier molecular flexibility index (Phi) is 6.01. The smallest absolute Gasteiger partial charge is 0.261 e. The Labute approximate surface area is 136 Å². The molecule has 0 radical (unpaired) electrons. The lowest BCUT2D eigenvalue weighted by Gasteiger charge is -2.21. The van der Waals surface area contributed by atoms with E-state index < -0.39 is 0 Å². The number of thiophene rings is 1. The molecule has 2 aromatic rings. The van der Waals surface area contributed by atoms with Gasteiger partial charge in [0.05, 0.1) is 12.0 Å². The molecular formula is C18H23NO2S. The van der Waals surface area contributed by atoms with Crippen molar-refractivity contribution >= 4 is 17.2 Å². The Balaban J connectivity index is 1.92. The second-order valence-electron chi connectivity index (χ2n) is 5.65. The molecule has 1 N–H and O–H groups in total. The first-order valence-corrected chi connectivity index (χ1v) is 8.45. The van der Waals surface area contributed by atoms with Gasteiger partial charge in [-0.25, -0.2) is 0 Å². The third-order valence-electron chi connectivity index (χ3n) is 3.83. The molecule has 4 heteroatoms. The van der Waals surface area contributed by atoms with E-state index in [0.717, 1.165) is 17.0 Å². The van der Waals surface area contributed by atoms with Crippen molar-refractivity contribution in [2.75, 3.05) is 13.7 Å². The third kappa shape index (κ3) is 4.34. The molecule has 0 aliphatic heterocycles. The SMILES string of the molecule is COc1ccc([C@H](CCNC(=O)c2cccs2)C(C)C)cc1. The van der Waals surface area contributed by atoms with Crippen molar-refractivity contribution < 1.29 is 9.53 Å². The molecule has 118 valence electrons. The average Bonchev–Trinajstić information content (AvgIpc) is 3.06. The highest BCUT2D eigenvalue weighted by Gasteiger charge is 2.16. The van der Waals surface area contributed by atoms with E-state index in [1.165, 1.54) is 16.9 Å². The normalized spacial score (nSPS) is 12.2. The van der Waals surface area contributed by atoms with Crippen LogP contribution in [0.15, 0.2) is 41.8 Å². The summed E-state index contributed by atoms with van der Waals surface area (Å²) in [5, 5.41) is 4.93. The maximum atomic E-state index is 12.0. The quantitative estimate of drug-likeness (QED) is 0.826. The summed E-state index contributed by atoms with van der Waals surface area (Å²) in [4.78, 5) is 12.7. The molecule has 1 heterocycles. The maximum absolute atomic E-state index is 12.0. The largest absolute Gasteiger partial charge is 0.497 e. The Hall–Kier alpha value is -1.81. The summed E-state index contributed by atoms with van der Waals surface area (Å²) >= 11 is 1.47. The first-order valence-electron chi connectivity index (χ1n) is 7.57. The van der Waals surface area contributed by atoms with Crippen LogP contribution < -0.4 is 10.1 Å². The number of carbonyl (C=O) groups excluding carboxylic acids is 1. The standard InChI is InChI=1S/C18H23NO2S/c1-13(2)16(14-6-8-15(21-3)9-7-14)10-11-19-18(20)17-5-4-12-22-17/h4-9,12-13,16H,10-11H2,1-3H3,(H,19,20)/t16-/m1/s1. The van der Waals surface area contributed by atoms with Crippen molar-refractivity contribution in [1.82, 2.24) is 5.32 Å². The van der Waals surface area contributed by atoms with Crippen molar-refractivity contribution in [1.29, 1.82) is 0 Å². The highest BCUT2D eigenvalue weighted by molar-refractivity contribution is 7.12. The summed E-state index contributed by atoms with van der Waals surface area (Å²) < 4.78 is 5.21. The highest BCUT2D eigenvalue weighted by Crippen LogP contribution is 2.28. The van der Waals surface area contributed by atoms with E-state index in [0.29, 0.717) is 18.4 Å². The number of ether oxygens (including phenoxy) is 1. The molecule has 0 spiro atoms. The van der Waals surface area contributed by atoms with Gasteiger partial charge in [-0.3, -0.25) is 4.79 Å². The zero-order valence-corrected chi connectivity index (χ0v) is 14.2. The van der Waals surface area contributed by atoms with Crippen LogP contribution in [-0.2, 0) is 0 Å². The predicted molar refractivity (Wildman–Crippen MR) is 91.8 cm³/mol. The van der Waals surface area contributed by atoms with Crippen LogP contribution in [0.1, 0.15) is 41.4 Å². The fourth-order valence-corrected chi connectivity index (χ4v) is 3.21. The topological polar surface area (TPSA) is 38.3 Å². The second-order valence-corrected chi connectivity index (χ2v) is 6.59. The molecule has 0 aliphatic carbocycles. The summed E-state index contributed by atoms with van der Waals surface area (Å²) in [6.45, 7) is 5.12. The van der Waals surface area contributed by atoms with Crippen molar-refractivity contribution in [3.8, 4) is 5.75 Å². The Morgan fingerprint density at radius 2 is 1.95 bits per heavy atom. The number of methoxy groups -OCH3 is 1. The van der Waals surface area contributed by atoms with E-state index in [9.17, 15) is 4.79 Å². The molecule has 0 unspecified atom stereocenters. The molecule has 1 aromatic heterocycles. The minimum atomic E-state index is 0.0206. The summed E-state index contributed by atoms with van der Waals surface area (Å²) in [5.41, 5.74) is 1.29. The Bertz CT molecular complexity index is 576. The maximum Gasteiger partial charge on any atom is 0.261 e. The number of amides is 1. The molecular weight excluding hydrogens is 294 g/mol. The van der Waals surface area contributed by atoms with Gasteiger partial charge >= 0.3 is 0 Å². The predicted octanol–water partition coefficient (Wildman–Crippen LogP) is 4.32. The third-order valence-corrected chi connectivity index (χ3v) is 4.70. The van der Waals surface area contributed by atoms with Gasteiger partial charge in [-0.2, -0.15) is 0 Å². The number of carbonyl (C=O) groups is 1. The van der Waals surface area contributed by atoms with Crippen molar-refractivity contribution in [3.05, 3.63) is 52.2 Å². The van der Waals surface area contributed by atoms with Gasteiger partial charge in [-0.05, 0) is 47.4 Å². The highest BCUT2D eigenvalue weighted by atomic mass is 32.1. The number of hydrogen-bond acceptors (Lipinski definition) is 3. The second kappa shape index (κ2) is 7.99. The van der Waals surface area contributed by atoms with Gasteiger partial charge in [0, 0.05) is 6.54 Å². The van der Waals surface area contributed by atoms with Crippen LogP contribution in [0.25, 0.3) is 0 Å². The molecule has 0 saturated carbocycles. The van der Waals surface area contributed by atoms with Crippen LogP contribution in [0.2, 0.25) is 0 Å². The molecule has 3 nitrogen and oxygen atoms in total. The monoisotopic (exact) mass is 317 g/mol. The van der Waals surface area contributed by atoms with Gasteiger partial charge in [0.15, 0.2) is 0 Å². The van der Waals surface area contributed by atoms with Crippen LogP contribution in [0.4, 0.5) is 0 Å². The molecule has 22 heavy (non-hydrogen) atoms. The van der Waals surface area contributed by atoms with Crippen LogP contribution in [-0.4, -0.2) is 19.6 Å². The van der Waals surface area contributed by atoms with Gasteiger partial charge in [0.2, 0.25) is 0 Å². The first kappa shape index (κ1) is 16.6. The first-order chi connectivity index (χ1) is 10.6. The van der Waals surface area contributed by atoms with Crippen molar-refractivity contribution in [2.24, 2.45) is 5.92 Å². The lowest BCUT2D eigenvalue weighted by atomic mass is 9.86. The molecule has 0 bridgehead atoms. The fraction of sp³-hybridized carbons (Fsp3) is 0.389. The lowest BCUT2D eigenvalue weighted by molar-refractivity contribution is 0.0956. The van der Waals surface area contributed by atoms with Crippen LogP contribution >= 0.6 is 11.3 Å². The van der Waals surface area contributed by atoms with Gasteiger partial charge < -0.3 is 10.1 Å². The van der Waals surface area contributed by atoms with Crippen LogP contribution in [0.3, 0.4) is 0 Å². The number of benzene rings is 1. The van der Waals surface area contributed by atoms with Gasteiger partial charge in [0.25, 0.3) is 5.91 Å². The Morgan fingerprint density at radius 1 is 1.23 bits per heavy atom. The minimum absolute atomic E-state index is 0.0206. The van der Waals surface area contributed by atoms with Crippen molar-refractivity contribution in [3.63, 3.8) is 0 Å². The van der Waals surface area contributed by atoms with Gasteiger partial charge in [0.1, 0.15) is 5.75 Å². The van der Waals surface area contributed by atoms with E-state index in [4.69, 9.17) is 4.74 Å². The van der Waals surface area contributed by atoms with E-state index in [1.54, 1.807) is 7.11 Å². The zero-order chi connectivity index (χ0) is 15.9. The van der Waals surface area contributed by atoms with Crippen LogP contribution in [0.5, 0.6) is 5.75 Å². The van der Waals surface area contributed by atoms with E-state index >= 15 is 0 Å². The van der Waals surface area contributed by atoms with Crippen molar-refractivity contribution in [2.45, 2.75) is 26.2 Å². The zero-order valence-electron chi connectivity index (χ0n) is 13.3.